The van der Waals surface area contributed by atoms with Crippen molar-refractivity contribution >= 4 is 11.9 Å². The van der Waals surface area contributed by atoms with Crippen molar-refractivity contribution in [3.63, 3.8) is 0 Å². The Bertz CT molecular complexity index is 792. The maximum atomic E-state index is 13.1. The normalized spacial score (nSPS) is 12.5. The van der Waals surface area contributed by atoms with E-state index in [9.17, 15) is 22.8 Å². The number of aromatic carboxylic acids is 1. The van der Waals surface area contributed by atoms with Gasteiger partial charge in [-0.2, -0.15) is 13.2 Å². The average Bonchev–Trinajstić information content (AvgIpc) is 2.60. The molecule has 6 nitrogen and oxygen atoms in total. The highest BCUT2D eigenvalue weighted by molar-refractivity contribution is 5.92. The topological polar surface area (TPSA) is 92.2 Å². The summed E-state index contributed by atoms with van der Waals surface area (Å²) in [6.45, 7) is 1.74. The molecule has 2 aromatic rings. The van der Waals surface area contributed by atoms with E-state index in [2.05, 4.69) is 15.3 Å². The van der Waals surface area contributed by atoms with Crippen molar-refractivity contribution in [3.05, 3.63) is 59.2 Å². The molecule has 0 fully saturated rings. The van der Waals surface area contributed by atoms with Crippen LogP contribution in [-0.2, 0) is 12.6 Å². The summed E-state index contributed by atoms with van der Waals surface area (Å²) in [4.78, 5) is 30.2. The third-order valence-corrected chi connectivity index (χ3v) is 3.72. The lowest BCUT2D eigenvalue weighted by molar-refractivity contribution is -0.138. The average molecular weight is 367 g/mol. The van der Waals surface area contributed by atoms with Crippen LogP contribution in [0.3, 0.4) is 0 Å². The first-order valence-corrected chi connectivity index (χ1v) is 7.73. The van der Waals surface area contributed by atoms with Crippen LogP contribution in [0.2, 0.25) is 0 Å². The Morgan fingerprint density at radius 3 is 2.31 bits per heavy atom. The van der Waals surface area contributed by atoms with E-state index < -0.39 is 29.7 Å². The molecule has 1 unspecified atom stereocenters. The first-order chi connectivity index (χ1) is 12.2. The van der Waals surface area contributed by atoms with Crippen LogP contribution in [0.5, 0.6) is 0 Å². The first kappa shape index (κ1) is 19.4. The number of rotatable bonds is 6. The number of amides is 1. The van der Waals surface area contributed by atoms with Gasteiger partial charge >= 0.3 is 12.1 Å². The molecule has 0 aliphatic carbocycles. The maximum absolute atomic E-state index is 13.1. The van der Waals surface area contributed by atoms with Crippen LogP contribution < -0.4 is 5.32 Å². The molecule has 0 spiro atoms. The molecule has 1 amide bonds. The molecule has 1 aromatic heterocycles. The number of carbonyl (C=O) groups is 2. The molecular weight excluding hydrogens is 351 g/mol. The first-order valence-electron chi connectivity index (χ1n) is 7.73. The predicted molar refractivity (Wildman–Crippen MR) is 85.7 cm³/mol. The van der Waals surface area contributed by atoms with E-state index in [4.69, 9.17) is 5.11 Å². The predicted octanol–water partition coefficient (Wildman–Crippen LogP) is 2.94. The van der Waals surface area contributed by atoms with Gasteiger partial charge in [-0.25, -0.2) is 14.8 Å². The number of halogens is 3. The van der Waals surface area contributed by atoms with Gasteiger partial charge in [0.15, 0.2) is 5.69 Å². The second-order valence-electron chi connectivity index (χ2n) is 5.53. The Morgan fingerprint density at radius 2 is 1.77 bits per heavy atom. The van der Waals surface area contributed by atoms with Crippen molar-refractivity contribution in [2.75, 3.05) is 0 Å². The van der Waals surface area contributed by atoms with E-state index in [0.717, 1.165) is 18.5 Å². The highest BCUT2D eigenvalue weighted by Gasteiger charge is 2.33. The van der Waals surface area contributed by atoms with Gasteiger partial charge in [-0.1, -0.05) is 25.1 Å². The summed E-state index contributed by atoms with van der Waals surface area (Å²) in [6.07, 6.45) is -2.12. The zero-order chi connectivity index (χ0) is 19.3. The van der Waals surface area contributed by atoms with Gasteiger partial charge in [-0.15, -0.1) is 0 Å². The number of benzene rings is 1. The fraction of sp³-hybridized carbons (Fsp3) is 0.294. The van der Waals surface area contributed by atoms with Crippen molar-refractivity contribution in [2.24, 2.45) is 0 Å². The number of carboxylic acids is 1. The second-order valence-corrected chi connectivity index (χ2v) is 5.53. The van der Waals surface area contributed by atoms with Crippen LogP contribution in [-0.4, -0.2) is 33.0 Å². The van der Waals surface area contributed by atoms with Crippen molar-refractivity contribution in [1.82, 2.24) is 15.3 Å². The molecule has 2 N–H and O–H groups in total. The molecule has 2 rings (SSSR count). The lowest BCUT2D eigenvalue weighted by Crippen LogP contribution is -2.37. The summed E-state index contributed by atoms with van der Waals surface area (Å²) in [6, 6.07) is 4.65. The molecule has 0 saturated heterocycles. The number of nitrogens with zero attached hydrogens (tertiary/aromatic N) is 2. The van der Waals surface area contributed by atoms with Crippen molar-refractivity contribution in [1.29, 1.82) is 0 Å². The standard InChI is InChI=1S/C17H16F3N3O3/c1-2-11(7-10-5-3-4-6-12(10)17(18,19)20)23-15(24)13-8-22-14(9-21-13)16(25)26/h3-6,8-9,11H,2,7H2,1H3,(H,23,24)(H,25,26). The summed E-state index contributed by atoms with van der Waals surface area (Å²) < 4.78 is 39.2. The van der Waals surface area contributed by atoms with Crippen LogP contribution in [0, 0.1) is 0 Å². The number of carbonyl (C=O) groups excluding carboxylic acids is 1. The van der Waals surface area contributed by atoms with Crippen LogP contribution in [0.4, 0.5) is 13.2 Å². The minimum atomic E-state index is -4.48. The Labute approximate surface area is 147 Å². The SMILES string of the molecule is CCC(Cc1ccccc1C(F)(F)F)NC(=O)c1cnc(C(=O)O)cn1. The summed E-state index contributed by atoms with van der Waals surface area (Å²) in [5, 5.41) is 11.4. The van der Waals surface area contributed by atoms with E-state index in [0.29, 0.717) is 6.42 Å². The number of alkyl halides is 3. The zero-order valence-electron chi connectivity index (χ0n) is 13.7. The fourth-order valence-electron chi connectivity index (χ4n) is 2.35. The molecule has 0 aliphatic rings. The van der Waals surface area contributed by atoms with E-state index in [1.807, 2.05) is 0 Å². The monoisotopic (exact) mass is 367 g/mol. The maximum Gasteiger partial charge on any atom is 0.416 e. The molecule has 1 atom stereocenters. The van der Waals surface area contributed by atoms with Crippen molar-refractivity contribution in [3.8, 4) is 0 Å². The Hall–Kier alpha value is -2.97. The Balaban J connectivity index is 2.12. The lowest BCUT2D eigenvalue weighted by atomic mass is 9.98. The van der Waals surface area contributed by atoms with Crippen molar-refractivity contribution < 1.29 is 27.9 Å². The molecule has 0 aliphatic heterocycles. The number of nitrogens with one attached hydrogen (secondary N) is 1. The molecule has 0 radical (unpaired) electrons. The van der Waals surface area contributed by atoms with Crippen LogP contribution >= 0.6 is 0 Å². The fourth-order valence-corrected chi connectivity index (χ4v) is 2.35. The molecule has 1 heterocycles. The lowest BCUT2D eigenvalue weighted by Gasteiger charge is -2.19. The van der Waals surface area contributed by atoms with Gasteiger partial charge in [0, 0.05) is 6.04 Å². The molecule has 1 aromatic carbocycles. The third kappa shape index (κ3) is 4.78. The smallest absolute Gasteiger partial charge is 0.416 e. The van der Waals surface area contributed by atoms with Gasteiger partial charge in [0.25, 0.3) is 5.91 Å². The van der Waals surface area contributed by atoms with Gasteiger partial charge in [0.05, 0.1) is 18.0 Å². The van der Waals surface area contributed by atoms with E-state index in [1.54, 1.807) is 6.92 Å². The molecule has 0 saturated carbocycles. The van der Waals surface area contributed by atoms with Gasteiger partial charge in [-0.05, 0) is 24.5 Å². The molecule has 9 heteroatoms. The largest absolute Gasteiger partial charge is 0.476 e. The van der Waals surface area contributed by atoms with Gasteiger partial charge < -0.3 is 10.4 Å². The van der Waals surface area contributed by atoms with E-state index in [-0.39, 0.29) is 23.4 Å². The number of aromatic nitrogens is 2. The summed E-state index contributed by atoms with van der Waals surface area (Å²) >= 11 is 0. The second kappa shape index (κ2) is 7.94. The Kier molecular flexibility index (Phi) is 5.91. The molecule has 26 heavy (non-hydrogen) atoms. The summed E-state index contributed by atoms with van der Waals surface area (Å²) in [5.74, 6) is -1.91. The highest BCUT2D eigenvalue weighted by atomic mass is 19.4. The molecule has 0 bridgehead atoms. The minimum Gasteiger partial charge on any atom is -0.476 e. The van der Waals surface area contributed by atoms with Gasteiger partial charge in [0.2, 0.25) is 0 Å². The Morgan fingerprint density at radius 1 is 1.15 bits per heavy atom. The number of carboxylic acid groups (broad SMARTS) is 1. The quantitative estimate of drug-likeness (QED) is 0.819. The third-order valence-electron chi connectivity index (χ3n) is 3.72. The van der Waals surface area contributed by atoms with Crippen LogP contribution in [0.1, 0.15) is 45.4 Å². The van der Waals surface area contributed by atoms with Crippen molar-refractivity contribution in [2.45, 2.75) is 32.0 Å². The minimum absolute atomic E-state index is 0.00143. The number of hydrogen-bond acceptors (Lipinski definition) is 4. The molecular formula is C17H16F3N3O3. The van der Waals surface area contributed by atoms with Gasteiger partial charge in [0.1, 0.15) is 5.69 Å². The zero-order valence-corrected chi connectivity index (χ0v) is 13.7. The summed E-state index contributed by atoms with van der Waals surface area (Å²) in [7, 11) is 0. The summed E-state index contributed by atoms with van der Waals surface area (Å²) in [5.41, 5.74) is -1.08. The molecule has 138 valence electrons. The van der Waals surface area contributed by atoms with E-state index >= 15 is 0 Å². The highest BCUT2D eigenvalue weighted by Crippen LogP contribution is 2.32. The number of hydrogen-bond donors (Lipinski definition) is 2. The van der Waals surface area contributed by atoms with Crippen LogP contribution in [0.15, 0.2) is 36.7 Å². The van der Waals surface area contributed by atoms with Crippen LogP contribution in [0.25, 0.3) is 0 Å². The van der Waals surface area contributed by atoms with E-state index in [1.165, 1.54) is 18.2 Å². The van der Waals surface area contributed by atoms with Gasteiger partial charge in [-0.3, -0.25) is 4.79 Å².